The third-order valence-corrected chi connectivity index (χ3v) is 2.35. The molecule has 0 amide bonds. The van der Waals surface area contributed by atoms with E-state index in [0.717, 1.165) is 12.8 Å². The third kappa shape index (κ3) is 2.37. The van der Waals surface area contributed by atoms with Crippen LogP contribution >= 0.6 is 0 Å². The molecule has 0 unspecified atom stereocenters. The topological polar surface area (TPSA) is 0 Å². The van der Waals surface area contributed by atoms with Gasteiger partial charge >= 0.3 is 0 Å². The van der Waals surface area contributed by atoms with Crippen molar-refractivity contribution in [1.29, 1.82) is 0 Å². The van der Waals surface area contributed by atoms with Gasteiger partial charge in [0.05, 0.1) is 0 Å². The Morgan fingerprint density at radius 1 is 1.33 bits per heavy atom. The van der Waals surface area contributed by atoms with Gasteiger partial charge in [-0.25, -0.2) is 0 Å². The molecule has 0 radical (unpaired) electrons. The molecular formula is C12H18. The molecule has 1 aliphatic rings. The van der Waals surface area contributed by atoms with Crippen LogP contribution in [-0.2, 0) is 0 Å². The minimum absolute atomic E-state index is 0.683. The second kappa shape index (κ2) is 4.30. The zero-order chi connectivity index (χ0) is 8.97. The molecule has 0 atom stereocenters. The monoisotopic (exact) mass is 162 g/mol. The van der Waals surface area contributed by atoms with Crippen molar-refractivity contribution < 1.29 is 0 Å². The highest BCUT2D eigenvalue weighted by molar-refractivity contribution is 5.31. The number of hydrogen-bond acceptors (Lipinski definition) is 0. The standard InChI is InChI=1S/C12H18/c1-4-11-6-5-7-12(9-8-11)10(2)3/h5-6,8-10H,4,7H2,1-3H3. The van der Waals surface area contributed by atoms with Crippen LogP contribution in [-0.4, -0.2) is 0 Å². The Morgan fingerprint density at radius 3 is 2.67 bits per heavy atom. The van der Waals surface area contributed by atoms with E-state index in [0.29, 0.717) is 5.92 Å². The Hall–Kier alpha value is -0.780. The van der Waals surface area contributed by atoms with Crippen LogP contribution in [0, 0.1) is 5.92 Å². The highest BCUT2D eigenvalue weighted by atomic mass is 14.1. The van der Waals surface area contributed by atoms with Gasteiger partial charge in [-0.3, -0.25) is 0 Å². The highest BCUT2D eigenvalue weighted by Gasteiger charge is 2.02. The Kier molecular flexibility index (Phi) is 3.33. The van der Waals surface area contributed by atoms with Crippen LogP contribution in [0.4, 0.5) is 0 Å². The molecule has 1 aliphatic carbocycles. The molecule has 0 bridgehead atoms. The molecule has 0 aromatic rings. The Morgan fingerprint density at radius 2 is 2.08 bits per heavy atom. The molecule has 0 saturated carbocycles. The van der Waals surface area contributed by atoms with Gasteiger partial charge in [-0.15, -0.1) is 0 Å². The zero-order valence-corrected chi connectivity index (χ0v) is 8.30. The van der Waals surface area contributed by atoms with Crippen LogP contribution in [0.3, 0.4) is 0 Å². The lowest BCUT2D eigenvalue weighted by Gasteiger charge is -2.05. The quantitative estimate of drug-likeness (QED) is 0.578. The SMILES string of the molecule is CCC1=CC=C(C(C)C)CC=C1. The Bertz CT molecular complexity index is 226. The lowest BCUT2D eigenvalue weighted by Crippen LogP contribution is -1.90. The van der Waals surface area contributed by atoms with Crippen molar-refractivity contribution in [2.24, 2.45) is 5.92 Å². The second-order valence-electron chi connectivity index (χ2n) is 3.60. The van der Waals surface area contributed by atoms with Crippen LogP contribution in [0.5, 0.6) is 0 Å². The summed E-state index contributed by atoms with van der Waals surface area (Å²) >= 11 is 0. The lowest BCUT2D eigenvalue weighted by molar-refractivity contribution is 0.748. The molecule has 0 heteroatoms. The van der Waals surface area contributed by atoms with Gasteiger partial charge in [0, 0.05) is 0 Å². The molecule has 0 aliphatic heterocycles. The van der Waals surface area contributed by atoms with Crippen LogP contribution in [0.15, 0.2) is 35.5 Å². The molecule has 12 heavy (non-hydrogen) atoms. The van der Waals surface area contributed by atoms with E-state index in [-0.39, 0.29) is 0 Å². The first-order valence-electron chi connectivity index (χ1n) is 4.80. The summed E-state index contributed by atoms with van der Waals surface area (Å²) in [7, 11) is 0. The fourth-order valence-corrected chi connectivity index (χ4v) is 1.35. The Labute approximate surface area is 75.7 Å². The molecule has 0 saturated heterocycles. The van der Waals surface area contributed by atoms with Crippen molar-refractivity contribution >= 4 is 0 Å². The fourth-order valence-electron chi connectivity index (χ4n) is 1.35. The van der Waals surface area contributed by atoms with Gasteiger partial charge in [0.25, 0.3) is 0 Å². The summed E-state index contributed by atoms with van der Waals surface area (Å²) in [5.41, 5.74) is 2.97. The van der Waals surface area contributed by atoms with E-state index in [4.69, 9.17) is 0 Å². The van der Waals surface area contributed by atoms with Gasteiger partial charge in [0.1, 0.15) is 0 Å². The molecule has 0 aromatic carbocycles. The van der Waals surface area contributed by atoms with E-state index >= 15 is 0 Å². The van der Waals surface area contributed by atoms with Crippen LogP contribution in [0.25, 0.3) is 0 Å². The fraction of sp³-hybridized carbons (Fsp3) is 0.500. The smallest absolute Gasteiger partial charge is 0.0130 e. The first kappa shape index (κ1) is 9.31. The summed E-state index contributed by atoms with van der Waals surface area (Å²) in [6.45, 7) is 6.71. The third-order valence-electron chi connectivity index (χ3n) is 2.35. The van der Waals surface area contributed by atoms with Gasteiger partial charge in [0.2, 0.25) is 0 Å². The van der Waals surface area contributed by atoms with Crippen LogP contribution in [0.1, 0.15) is 33.6 Å². The van der Waals surface area contributed by atoms with Crippen molar-refractivity contribution in [3.8, 4) is 0 Å². The maximum atomic E-state index is 2.28. The predicted molar refractivity (Wildman–Crippen MR) is 55.1 cm³/mol. The second-order valence-corrected chi connectivity index (χ2v) is 3.60. The molecule has 66 valence electrons. The predicted octanol–water partition coefficient (Wildman–Crippen LogP) is 3.87. The first-order valence-corrected chi connectivity index (χ1v) is 4.80. The first-order chi connectivity index (χ1) is 5.74. The Balaban J connectivity index is 2.77. The zero-order valence-electron chi connectivity index (χ0n) is 8.30. The van der Waals surface area contributed by atoms with Crippen molar-refractivity contribution in [3.63, 3.8) is 0 Å². The highest BCUT2D eigenvalue weighted by Crippen LogP contribution is 2.19. The van der Waals surface area contributed by atoms with E-state index in [2.05, 4.69) is 45.1 Å². The molecule has 0 N–H and O–H groups in total. The summed E-state index contributed by atoms with van der Waals surface area (Å²) in [6, 6.07) is 0. The number of hydrogen-bond donors (Lipinski definition) is 0. The van der Waals surface area contributed by atoms with Crippen LogP contribution in [0.2, 0.25) is 0 Å². The van der Waals surface area contributed by atoms with Crippen LogP contribution < -0.4 is 0 Å². The largest absolute Gasteiger partial charge is 0.0802 e. The van der Waals surface area contributed by atoms with E-state index in [1.807, 2.05) is 0 Å². The molecule has 1 rings (SSSR count). The van der Waals surface area contributed by atoms with Gasteiger partial charge in [-0.2, -0.15) is 0 Å². The molecule has 0 fully saturated rings. The molecule has 0 aromatic heterocycles. The van der Waals surface area contributed by atoms with E-state index < -0.39 is 0 Å². The van der Waals surface area contributed by atoms with Gasteiger partial charge in [-0.05, 0) is 24.3 Å². The van der Waals surface area contributed by atoms with Gasteiger partial charge in [-0.1, -0.05) is 50.6 Å². The average Bonchev–Trinajstić information content (AvgIpc) is 2.28. The summed E-state index contributed by atoms with van der Waals surface area (Å²) in [5, 5.41) is 0. The number of allylic oxidation sites excluding steroid dienone is 6. The minimum atomic E-state index is 0.683. The van der Waals surface area contributed by atoms with Gasteiger partial charge < -0.3 is 0 Å². The maximum Gasteiger partial charge on any atom is -0.0130 e. The van der Waals surface area contributed by atoms with E-state index in [9.17, 15) is 0 Å². The molecule has 0 heterocycles. The lowest BCUT2D eigenvalue weighted by atomic mass is 10.0. The van der Waals surface area contributed by atoms with Crippen molar-refractivity contribution in [2.45, 2.75) is 33.6 Å². The minimum Gasteiger partial charge on any atom is -0.0802 e. The average molecular weight is 162 g/mol. The number of rotatable bonds is 2. The van der Waals surface area contributed by atoms with E-state index in [1.165, 1.54) is 11.1 Å². The summed E-state index contributed by atoms with van der Waals surface area (Å²) in [6.07, 6.45) is 11.3. The van der Waals surface area contributed by atoms with Crippen molar-refractivity contribution in [3.05, 3.63) is 35.5 Å². The summed E-state index contributed by atoms with van der Waals surface area (Å²) in [5.74, 6) is 0.683. The summed E-state index contributed by atoms with van der Waals surface area (Å²) in [4.78, 5) is 0. The molecular weight excluding hydrogens is 144 g/mol. The van der Waals surface area contributed by atoms with E-state index in [1.54, 1.807) is 0 Å². The van der Waals surface area contributed by atoms with Gasteiger partial charge in [0.15, 0.2) is 0 Å². The molecule has 0 nitrogen and oxygen atoms in total. The normalized spacial score (nSPS) is 17.3. The molecule has 0 spiro atoms. The maximum absolute atomic E-state index is 2.28. The van der Waals surface area contributed by atoms with Crippen molar-refractivity contribution in [2.75, 3.05) is 0 Å². The van der Waals surface area contributed by atoms with Crippen molar-refractivity contribution in [1.82, 2.24) is 0 Å². The summed E-state index contributed by atoms with van der Waals surface area (Å²) < 4.78 is 0.